The minimum atomic E-state index is -0.540. The quantitative estimate of drug-likeness (QED) is 0.339. The molecule has 0 heterocycles. The van der Waals surface area contributed by atoms with Crippen molar-refractivity contribution in [2.45, 2.75) is 13.8 Å². The van der Waals surface area contributed by atoms with E-state index in [2.05, 4.69) is 10.6 Å². The van der Waals surface area contributed by atoms with Crippen LogP contribution < -0.4 is 10.6 Å². The Hall–Kier alpha value is -3.86. The van der Waals surface area contributed by atoms with Crippen LogP contribution >= 0.6 is 0 Å². The Bertz CT molecular complexity index is 991. The Labute approximate surface area is 169 Å². The van der Waals surface area contributed by atoms with Crippen molar-refractivity contribution in [3.63, 3.8) is 0 Å². The van der Waals surface area contributed by atoms with Gasteiger partial charge < -0.3 is 15.7 Å². The summed E-state index contributed by atoms with van der Waals surface area (Å²) < 4.78 is 0. The first-order valence-electron chi connectivity index (χ1n) is 9.17. The molecule has 0 atom stereocenters. The fourth-order valence-corrected chi connectivity index (χ4v) is 2.69. The molecule has 5 nitrogen and oxygen atoms in total. The Balaban J connectivity index is 1.89. The smallest absolute Gasteiger partial charge is 0.261 e. The highest BCUT2D eigenvalue weighted by atomic mass is 16.3. The van der Waals surface area contributed by atoms with E-state index in [-0.39, 0.29) is 11.3 Å². The Kier molecular flexibility index (Phi) is 6.09. The number of hydrogen-bond donors (Lipinski definition) is 3. The minimum absolute atomic E-state index is 0.0518. The van der Waals surface area contributed by atoms with E-state index in [0.29, 0.717) is 16.9 Å². The van der Waals surface area contributed by atoms with Crippen molar-refractivity contribution in [1.29, 1.82) is 0 Å². The van der Waals surface area contributed by atoms with E-state index in [9.17, 15) is 14.7 Å². The van der Waals surface area contributed by atoms with Crippen LogP contribution in [0.5, 0.6) is 5.75 Å². The minimum Gasteiger partial charge on any atom is -0.508 e. The zero-order chi connectivity index (χ0) is 20.8. The average molecular weight is 386 g/mol. The van der Waals surface area contributed by atoms with Crippen LogP contribution in [0.15, 0.2) is 78.4 Å². The number of anilines is 2. The number of amides is 2. The van der Waals surface area contributed by atoms with E-state index in [1.165, 1.54) is 18.2 Å². The maximum atomic E-state index is 12.9. The van der Waals surface area contributed by atoms with E-state index in [4.69, 9.17) is 0 Å². The summed E-state index contributed by atoms with van der Waals surface area (Å²) in [5.41, 5.74) is 3.78. The van der Waals surface area contributed by atoms with Gasteiger partial charge in [-0.25, -0.2) is 0 Å². The second-order valence-corrected chi connectivity index (χ2v) is 6.79. The molecule has 29 heavy (non-hydrogen) atoms. The van der Waals surface area contributed by atoms with Crippen LogP contribution in [0.2, 0.25) is 0 Å². The lowest BCUT2D eigenvalue weighted by atomic mass is 10.1. The third kappa shape index (κ3) is 5.56. The number of benzene rings is 3. The number of rotatable bonds is 5. The second kappa shape index (κ2) is 8.89. The highest BCUT2D eigenvalue weighted by molar-refractivity contribution is 6.28. The Morgan fingerprint density at radius 2 is 1.24 bits per heavy atom. The van der Waals surface area contributed by atoms with Crippen molar-refractivity contribution in [2.24, 2.45) is 0 Å². The fourth-order valence-electron chi connectivity index (χ4n) is 2.69. The summed E-state index contributed by atoms with van der Waals surface area (Å²) in [6.07, 6.45) is 1.45. The number of carbonyl (C=O) groups is 2. The molecule has 0 unspecified atom stereocenters. The molecule has 0 fully saturated rings. The molecule has 3 N–H and O–H groups in total. The third-order valence-corrected chi connectivity index (χ3v) is 4.29. The van der Waals surface area contributed by atoms with E-state index >= 15 is 0 Å². The molecule has 0 radical (unpaired) electrons. The van der Waals surface area contributed by atoms with Gasteiger partial charge in [-0.2, -0.15) is 0 Å². The lowest BCUT2D eigenvalue weighted by Crippen LogP contribution is -2.25. The summed E-state index contributed by atoms with van der Waals surface area (Å²) in [7, 11) is 0. The summed E-state index contributed by atoms with van der Waals surface area (Å²) in [4.78, 5) is 25.7. The van der Waals surface area contributed by atoms with Crippen LogP contribution in [-0.4, -0.2) is 16.9 Å². The Morgan fingerprint density at radius 1 is 0.759 bits per heavy atom. The van der Waals surface area contributed by atoms with Gasteiger partial charge in [0.05, 0.1) is 0 Å². The predicted octanol–water partition coefficient (Wildman–Crippen LogP) is 4.67. The number of nitrogens with one attached hydrogen (secondary N) is 2. The molecule has 2 amide bonds. The molecule has 0 spiro atoms. The van der Waals surface area contributed by atoms with Crippen LogP contribution in [0, 0.1) is 13.8 Å². The lowest BCUT2D eigenvalue weighted by molar-refractivity contribution is -0.118. The monoisotopic (exact) mass is 386 g/mol. The van der Waals surface area contributed by atoms with Crippen molar-refractivity contribution in [3.05, 3.63) is 95.1 Å². The van der Waals surface area contributed by atoms with Crippen LogP contribution in [-0.2, 0) is 9.59 Å². The molecule has 3 aromatic carbocycles. The SMILES string of the molecule is Cc1ccc(NC(=O)C(=Cc2cccc(O)c2)C(=O)Nc2ccc(C)cc2)cc1. The van der Waals surface area contributed by atoms with Gasteiger partial charge in [-0.1, -0.05) is 47.5 Å². The van der Waals surface area contributed by atoms with Gasteiger partial charge in [-0.15, -0.1) is 0 Å². The number of carbonyl (C=O) groups excluding carboxylic acids is 2. The normalized spacial score (nSPS) is 10.1. The third-order valence-electron chi connectivity index (χ3n) is 4.29. The van der Waals surface area contributed by atoms with Gasteiger partial charge in [0, 0.05) is 11.4 Å². The van der Waals surface area contributed by atoms with Gasteiger partial charge in [0.15, 0.2) is 0 Å². The summed E-state index contributed by atoms with van der Waals surface area (Å²) in [6.45, 7) is 3.90. The van der Waals surface area contributed by atoms with Gasteiger partial charge >= 0.3 is 0 Å². The maximum Gasteiger partial charge on any atom is 0.261 e. The molecule has 3 aromatic rings. The molecule has 0 bridgehead atoms. The fraction of sp³-hybridized carbons (Fsp3) is 0.0833. The van der Waals surface area contributed by atoms with Gasteiger partial charge in [-0.3, -0.25) is 9.59 Å². The molecule has 0 aliphatic rings. The van der Waals surface area contributed by atoms with Gasteiger partial charge in [0.2, 0.25) is 0 Å². The average Bonchev–Trinajstić information content (AvgIpc) is 2.69. The van der Waals surface area contributed by atoms with Crippen LogP contribution in [0.25, 0.3) is 6.08 Å². The first-order chi connectivity index (χ1) is 13.9. The van der Waals surface area contributed by atoms with Crippen molar-refractivity contribution in [2.75, 3.05) is 10.6 Å². The van der Waals surface area contributed by atoms with E-state index in [1.54, 1.807) is 36.4 Å². The second-order valence-electron chi connectivity index (χ2n) is 6.79. The standard InChI is InChI=1S/C24H22N2O3/c1-16-6-10-19(11-7-16)25-23(28)22(15-18-4-3-5-21(27)14-18)24(29)26-20-12-8-17(2)9-13-20/h3-15,27H,1-2H3,(H,25,28)(H,26,29). The zero-order valence-electron chi connectivity index (χ0n) is 16.3. The number of aryl methyl sites for hydroxylation is 2. The van der Waals surface area contributed by atoms with Crippen molar-refractivity contribution < 1.29 is 14.7 Å². The summed E-state index contributed by atoms with van der Waals surface area (Å²) >= 11 is 0. The molecule has 0 aliphatic carbocycles. The number of phenolic OH excluding ortho intramolecular Hbond substituents is 1. The summed E-state index contributed by atoms with van der Waals surface area (Å²) in [6, 6.07) is 21.0. The van der Waals surface area contributed by atoms with E-state index in [1.807, 2.05) is 38.1 Å². The molecule has 5 heteroatoms. The zero-order valence-corrected chi connectivity index (χ0v) is 16.3. The van der Waals surface area contributed by atoms with Crippen LogP contribution in [0.1, 0.15) is 16.7 Å². The number of aromatic hydroxyl groups is 1. The van der Waals surface area contributed by atoms with E-state index < -0.39 is 11.8 Å². The van der Waals surface area contributed by atoms with Crippen LogP contribution in [0.4, 0.5) is 11.4 Å². The van der Waals surface area contributed by atoms with Gasteiger partial charge in [0.25, 0.3) is 11.8 Å². The largest absolute Gasteiger partial charge is 0.508 e. The Morgan fingerprint density at radius 3 is 1.69 bits per heavy atom. The molecule has 0 saturated heterocycles. The topological polar surface area (TPSA) is 78.4 Å². The van der Waals surface area contributed by atoms with Gasteiger partial charge in [0.1, 0.15) is 11.3 Å². The molecular formula is C24H22N2O3. The molecule has 0 aliphatic heterocycles. The van der Waals surface area contributed by atoms with E-state index in [0.717, 1.165) is 11.1 Å². The van der Waals surface area contributed by atoms with Crippen molar-refractivity contribution in [3.8, 4) is 5.75 Å². The summed E-state index contributed by atoms with van der Waals surface area (Å²) in [5.74, 6) is -1.03. The van der Waals surface area contributed by atoms with Crippen molar-refractivity contribution in [1.82, 2.24) is 0 Å². The molecular weight excluding hydrogens is 364 g/mol. The van der Waals surface area contributed by atoms with Gasteiger partial charge in [-0.05, 0) is 61.9 Å². The predicted molar refractivity (Wildman–Crippen MR) is 116 cm³/mol. The first kappa shape index (κ1) is 19.9. The highest BCUT2D eigenvalue weighted by Crippen LogP contribution is 2.18. The maximum absolute atomic E-state index is 12.9. The molecule has 146 valence electrons. The lowest BCUT2D eigenvalue weighted by Gasteiger charge is -2.11. The first-order valence-corrected chi connectivity index (χ1v) is 9.17. The van der Waals surface area contributed by atoms with Crippen molar-refractivity contribution >= 4 is 29.3 Å². The molecule has 0 saturated carbocycles. The highest BCUT2D eigenvalue weighted by Gasteiger charge is 2.19. The molecule has 3 rings (SSSR count). The molecule has 0 aromatic heterocycles. The number of phenols is 1. The van der Waals surface area contributed by atoms with Crippen LogP contribution in [0.3, 0.4) is 0 Å². The number of hydrogen-bond acceptors (Lipinski definition) is 3. The summed E-state index contributed by atoms with van der Waals surface area (Å²) in [5, 5.41) is 15.2.